The lowest BCUT2D eigenvalue weighted by atomic mass is 10.0. The largest absolute Gasteiger partial charge is 0.756 e. The number of anilines is 1. The summed E-state index contributed by atoms with van der Waals surface area (Å²) in [4.78, 5) is 22.4. The van der Waals surface area contributed by atoms with Gasteiger partial charge in [-0.25, -0.2) is 4.63 Å². The minimum absolute atomic E-state index is 0.0184. The van der Waals surface area contributed by atoms with Gasteiger partial charge in [-0.3, -0.25) is 14.7 Å². The van der Waals surface area contributed by atoms with E-state index in [-0.39, 0.29) is 24.4 Å². The van der Waals surface area contributed by atoms with E-state index in [2.05, 4.69) is 20.3 Å². The number of aliphatic hydroxyl groups is 1. The first-order chi connectivity index (χ1) is 20.9. The van der Waals surface area contributed by atoms with E-state index in [1.807, 2.05) is 27.2 Å². The van der Waals surface area contributed by atoms with Crippen LogP contribution in [-0.2, 0) is 13.6 Å². The number of aromatic nitrogens is 2. The zero-order chi connectivity index (χ0) is 32.4. The topological polar surface area (TPSA) is 199 Å². The summed E-state index contributed by atoms with van der Waals surface area (Å²) in [5.74, 6) is 0. The van der Waals surface area contributed by atoms with Crippen LogP contribution in [0.5, 0.6) is 0 Å². The minimum atomic E-state index is -4.45. The molecular weight excluding hydrogens is 591 g/mol. The monoisotopic (exact) mass is 642 g/mol. The summed E-state index contributed by atoms with van der Waals surface area (Å²) in [7, 11) is 1.33. The van der Waals surface area contributed by atoms with Crippen LogP contribution in [0.25, 0.3) is 11.0 Å². The Morgan fingerprint density at radius 3 is 2.23 bits per heavy atom. The lowest BCUT2D eigenvalue weighted by Gasteiger charge is -2.28. The first-order valence-corrected chi connectivity index (χ1v) is 17.0. The van der Waals surface area contributed by atoms with E-state index < -0.39 is 24.9 Å². The van der Waals surface area contributed by atoms with Gasteiger partial charge >= 0.3 is 5.69 Å². The number of aliphatic hydroxyl groups excluding tert-OH is 1. The number of rotatable bonds is 25. The molecule has 2 rings (SSSR count). The second-order valence-corrected chi connectivity index (χ2v) is 13.5. The molecule has 1 aromatic carbocycles. The van der Waals surface area contributed by atoms with Gasteiger partial charge in [-0.2, -0.15) is 0 Å². The van der Waals surface area contributed by atoms with Crippen LogP contribution < -0.4 is 15.9 Å². The summed E-state index contributed by atoms with van der Waals surface area (Å²) in [5, 5.41) is 31.9. The molecule has 44 heavy (non-hydrogen) atoms. The zero-order valence-electron chi connectivity index (χ0n) is 26.4. The number of non-ortho nitro benzene ring substituents is 1. The molecule has 0 fully saturated rings. The van der Waals surface area contributed by atoms with Crippen molar-refractivity contribution in [1.29, 1.82) is 0 Å². The number of benzene rings is 1. The van der Waals surface area contributed by atoms with E-state index in [4.69, 9.17) is 14.8 Å². The highest BCUT2D eigenvalue weighted by molar-refractivity contribution is 7.45. The van der Waals surface area contributed by atoms with Crippen LogP contribution in [0.2, 0.25) is 0 Å². The second-order valence-electron chi connectivity index (χ2n) is 12.1. The molecule has 4 N–H and O–H groups in total. The molecule has 3 unspecified atom stereocenters. The fraction of sp³-hybridized carbons (Fsp3) is 0.724. The number of phosphoric acid groups is 1. The van der Waals surface area contributed by atoms with Gasteiger partial charge in [-0.15, -0.1) is 0 Å². The van der Waals surface area contributed by atoms with Crippen LogP contribution >= 0.6 is 7.82 Å². The molecule has 0 aliphatic rings. The fourth-order valence-electron chi connectivity index (χ4n) is 4.46. The van der Waals surface area contributed by atoms with Crippen LogP contribution in [0.15, 0.2) is 28.9 Å². The Kier molecular flexibility index (Phi) is 17.0. The predicted molar refractivity (Wildman–Crippen MR) is 168 cm³/mol. The number of hydrogen-bond acceptors (Lipinski definition) is 12. The Hall–Kier alpha value is -2.45. The number of nitrogens with zero attached hydrogens (tertiary/aromatic N) is 4. The van der Waals surface area contributed by atoms with Gasteiger partial charge in [-0.05, 0) is 35.6 Å². The average Bonchev–Trinajstić information content (AvgIpc) is 3.45. The predicted octanol–water partition coefficient (Wildman–Crippen LogP) is 4.68. The van der Waals surface area contributed by atoms with Crippen LogP contribution in [0.4, 0.5) is 11.4 Å². The second kappa shape index (κ2) is 19.8. The minimum Gasteiger partial charge on any atom is -0.756 e. The molecule has 0 spiro atoms. The summed E-state index contributed by atoms with van der Waals surface area (Å²) in [6.07, 6.45) is 16.1. The van der Waals surface area contributed by atoms with Crippen molar-refractivity contribution in [2.45, 2.75) is 89.2 Å². The molecule has 0 bridgehead atoms. The molecule has 0 amide bonds. The third-order valence-corrected chi connectivity index (χ3v) is 8.13. The van der Waals surface area contributed by atoms with Crippen LogP contribution in [0.3, 0.4) is 0 Å². The molecule has 2 aromatic rings. The van der Waals surface area contributed by atoms with E-state index >= 15 is 0 Å². The highest BCUT2D eigenvalue weighted by Gasteiger charge is 2.20. The Morgan fingerprint density at radius 2 is 1.61 bits per heavy atom. The van der Waals surface area contributed by atoms with Gasteiger partial charge in [0, 0.05) is 12.6 Å². The average molecular weight is 643 g/mol. The van der Waals surface area contributed by atoms with Crippen molar-refractivity contribution in [3.8, 4) is 0 Å². The van der Waals surface area contributed by atoms with Crippen LogP contribution in [-0.4, -0.2) is 84.4 Å². The summed E-state index contributed by atoms with van der Waals surface area (Å²) >= 11 is 0. The Balaban J connectivity index is 1.40. The molecular formula is C29H51N6O8P. The van der Waals surface area contributed by atoms with E-state index in [0.717, 1.165) is 38.6 Å². The van der Waals surface area contributed by atoms with Gasteiger partial charge in [0.25, 0.3) is 7.82 Å². The molecule has 1 aromatic heterocycles. The number of nitro groups is 1. The van der Waals surface area contributed by atoms with E-state index in [9.17, 15) is 24.7 Å². The van der Waals surface area contributed by atoms with Crippen molar-refractivity contribution in [3.63, 3.8) is 0 Å². The SMILES string of the molecule is C[N+](C)(C)CCOP(=O)([O-])OCC(N)C(O)/C=C/CCCCCCCCCCCCCNc1ccc([N+](=O)[O-])c2nonc12. The molecule has 0 saturated carbocycles. The standard InChI is InChI=1S/C29H51N6O8P/c1-35(2,3)21-22-41-44(39,40)42-23-24(30)27(36)17-15-13-11-9-7-5-4-6-8-10-12-14-16-20-31-25-18-19-26(34(37)38)29-28(25)32-43-33-29/h15,17-19,24,27,31,36H,4-14,16,20-23,30H2,1-3H3/b17-15+. The maximum absolute atomic E-state index is 11.8. The van der Waals surface area contributed by atoms with E-state index in [1.165, 1.54) is 51.0 Å². The lowest BCUT2D eigenvalue weighted by Crippen LogP contribution is -2.39. The van der Waals surface area contributed by atoms with E-state index in [1.54, 1.807) is 12.1 Å². The van der Waals surface area contributed by atoms with Gasteiger partial charge in [0.15, 0.2) is 5.52 Å². The number of nitrogens with one attached hydrogen (secondary N) is 1. The summed E-state index contributed by atoms with van der Waals surface area (Å²) in [6.45, 7) is 0.943. The highest BCUT2D eigenvalue weighted by Crippen LogP contribution is 2.38. The van der Waals surface area contributed by atoms with Crippen molar-refractivity contribution in [2.75, 3.05) is 52.8 Å². The Labute approximate surface area is 260 Å². The van der Waals surface area contributed by atoms with Gasteiger partial charge in [0.1, 0.15) is 13.2 Å². The number of phosphoric ester groups is 1. The van der Waals surface area contributed by atoms with Crippen molar-refractivity contribution in [2.24, 2.45) is 5.73 Å². The Morgan fingerprint density at radius 1 is 1.02 bits per heavy atom. The normalized spacial score (nSPS) is 15.0. The first-order valence-electron chi connectivity index (χ1n) is 15.5. The maximum Gasteiger partial charge on any atom is 0.300 e. The molecule has 0 saturated heterocycles. The van der Waals surface area contributed by atoms with Crippen molar-refractivity contribution in [3.05, 3.63) is 34.4 Å². The van der Waals surface area contributed by atoms with Gasteiger partial charge in [-0.1, -0.05) is 69.9 Å². The van der Waals surface area contributed by atoms with Gasteiger partial charge < -0.3 is 34.6 Å². The summed E-state index contributed by atoms with van der Waals surface area (Å²) in [5.41, 5.74) is 6.97. The molecule has 0 aliphatic carbocycles. The third kappa shape index (κ3) is 15.5. The number of fused-ring (bicyclic) bond motifs is 1. The van der Waals surface area contributed by atoms with Crippen molar-refractivity contribution in [1.82, 2.24) is 10.3 Å². The zero-order valence-corrected chi connectivity index (χ0v) is 27.3. The molecule has 0 radical (unpaired) electrons. The highest BCUT2D eigenvalue weighted by atomic mass is 31.2. The van der Waals surface area contributed by atoms with Crippen LogP contribution in [0.1, 0.15) is 77.0 Å². The maximum atomic E-state index is 11.8. The number of nitrogens with two attached hydrogens (primary N) is 1. The van der Waals surface area contributed by atoms with E-state index in [0.29, 0.717) is 22.2 Å². The van der Waals surface area contributed by atoms with Crippen molar-refractivity contribution >= 4 is 30.2 Å². The number of likely N-dealkylation sites (N-methyl/N-ethyl adjacent to an activating group) is 1. The molecule has 15 heteroatoms. The van der Waals surface area contributed by atoms with Gasteiger partial charge in [0.2, 0.25) is 5.52 Å². The number of hydrogen-bond donors (Lipinski definition) is 3. The molecule has 3 atom stereocenters. The summed E-state index contributed by atoms with van der Waals surface area (Å²) in [6, 6.07) is 2.20. The number of allylic oxidation sites excluding steroid dienone is 1. The molecule has 0 aliphatic heterocycles. The van der Waals surface area contributed by atoms with Crippen LogP contribution in [0, 0.1) is 10.1 Å². The lowest BCUT2D eigenvalue weighted by molar-refractivity contribution is -0.870. The van der Waals surface area contributed by atoms with Crippen molar-refractivity contribution < 1.29 is 37.6 Å². The number of unbranched alkanes of at least 4 members (excludes halogenated alkanes) is 11. The smallest absolute Gasteiger partial charge is 0.300 e. The Bertz CT molecular complexity index is 1190. The fourth-order valence-corrected chi connectivity index (χ4v) is 5.20. The molecule has 1 heterocycles. The summed E-state index contributed by atoms with van der Waals surface area (Å²) < 4.78 is 26.7. The molecule has 250 valence electrons. The third-order valence-electron chi connectivity index (χ3n) is 7.16. The first kappa shape index (κ1) is 37.7. The quantitative estimate of drug-likeness (QED) is 0.0338. The van der Waals surface area contributed by atoms with Gasteiger partial charge in [0.05, 0.1) is 50.5 Å². The number of quaternary nitrogens is 1. The number of nitro benzene ring substituents is 1. The molecule has 14 nitrogen and oxygen atoms in total.